The van der Waals surface area contributed by atoms with Gasteiger partial charge in [-0.25, -0.2) is 0 Å². The number of benzene rings is 1. The fourth-order valence-corrected chi connectivity index (χ4v) is 4.55. The van der Waals surface area contributed by atoms with E-state index in [1.165, 1.54) is 9.78 Å². The third-order valence-electron chi connectivity index (χ3n) is 4.53. The lowest BCUT2D eigenvalue weighted by Gasteiger charge is -2.31. The predicted molar refractivity (Wildman–Crippen MR) is 96.1 cm³/mol. The molecular weight excluding hydrogens is 344 g/mol. The molecule has 1 aromatic carbocycles. The maximum Gasteiger partial charge on any atom is 0.152 e. The van der Waals surface area contributed by atoms with Gasteiger partial charge in [0.1, 0.15) is 18.6 Å². The maximum absolute atomic E-state index is 10.9. The monoisotopic (exact) mass is 361 g/mol. The van der Waals surface area contributed by atoms with Crippen LogP contribution in [0.1, 0.15) is 16.5 Å². The highest BCUT2D eigenvalue weighted by Crippen LogP contribution is 2.38. The van der Waals surface area contributed by atoms with Crippen LogP contribution in [0.3, 0.4) is 0 Å². The van der Waals surface area contributed by atoms with Crippen molar-refractivity contribution in [3.63, 3.8) is 0 Å². The summed E-state index contributed by atoms with van der Waals surface area (Å²) in [6, 6.07) is 9.82. The number of nitrogens with zero attached hydrogens (tertiary/aromatic N) is 1. The fraction of sp³-hybridized carbons (Fsp3) is 0.278. The minimum Gasteiger partial charge on any atom is -0.505 e. The number of ether oxygens (including phenoxy) is 1. The van der Waals surface area contributed by atoms with Crippen LogP contribution in [0.25, 0.3) is 10.9 Å². The van der Waals surface area contributed by atoms with Crippen LogP contribution in [0.15, 0.2) is 41.9 Å². The summed E-state index contributed by atoms with van der Waals surface area (Å²) in [6.07, 6.45) is 1.68. The third kappa shape index (κ3) is 2.78. The molecule has 1 aliphatic rings. The Morgan fingerprint density at radius 2 is 2.08 bits per heavy atom. The van der Waals surface area contributed by atoms with Gasteiger partial charge < -0.3 is 14.7 Å². The molecule has 1 fully saturated rings. The van der Waals surface area contributed by atoms with Crippen molar-refractivity contribution >= 4 is 33.8 Å². The van der Waals surface area contributed by atoms with Crippen LogP contribution in [-0.4, -0.2) is 36.4 Å². The van der Waals surface area contributed by atoms with E-state index in [9.17, 15) is 5.11 Å². The average Bonchev–Trinajstić information content (AvgIpc) is 3.15. The van der Waals surface area contributed by atoms with Gasteiger partial charge in [-0.05, 0) is 29.6 Å². The second kappa shape index (κ2) is 6.69. The number of aromatic nitrogens is 1. The number of quaternary nitrogens is 1. The number of fused-ring (bicyclic) bond motifs is 1. The zero-order valence-electron chi connectivity index (χ0n) is 13.0. The maximum atomic E-state index is 10.9. The number of aromatic hydroxyl groups is 1. The Morgan fingerprint density at radius 1 is 1.25 bits per heavy atom. The molecule has 0 saturated carbocycles. The highest BCUT2D eigenvalue weighted by atomic mass is 35.5. The lowest BCUT2D eigenvalue weighted by molar-refractivity contribution is -0.932. The van der Waals surface area contributed by atoms with Gasteiger partial charge in [0.05, 0.1) is 28.7 Å². The summed E-state index contributed by atoms with van der Waals surface area (Å²) < 4.78 is 5.51. The van der Waals surface area contributed by atoms with Crippen LogP contribution >= 0.6 is 22.9 Å². The van der Waals surface area contributed by atoms with E-state index >= 15 is 0 Å². The first kappa shape index (κ1) is 15.8. The van der Waals surface area contributed by atoms with Gasteiger partial charge in [0.2, 0.25) is 0 Å². The number of hydrogen-bond donors (Lipinski definition) is 2. The summed E-state index contributed by atoms with van der Waals surface area (Å²) in [4.78, 5) is 6.94. The Kier molecular flexibility index (Phi) is 4.41. The fourth-order valence-electron chi connectivity index (χ4n) is 3.38. The van der Waals surface area contributed by atoms with Gasteiger partial charge in [0.15, 0.2) is 11.8 Å². The lowest BCUT2D eigenvalue weighted by atomic mass is 9.99. The summed E-state index contributed by atoms with van der Waals surface area (Å²) in [5, 5.41) is 14.4. The molecule has 1 saturated heterocycles. The van der Waals surface area contributed by atoms with Gasteiger partial charge in [0, 0.05) is 11.6 Å². The van der Waals surface area contributed by atoms with E-state index in [-0.39, 0.29) is 11.8 Å². The van der Waals surface area contributed by atoms with Crippen LogP contribution in [0.5, 0.6) is 5.75 Å². The Bertz CT molecular complexity index is 848. The SMILES string of the molecule is Oc1c([C@H](c2cccs2)[NH+]2CCOCC2)cc(Cl)c2cccnc12. The highest BCUT2D eigenvalue weighted by molar-refractivity contribution is 7.10. The van der Waals surface area contributed by atoms with Crippen molar-refractivity contribution in [1.82, 2.24) is 4.98 Å². The number of pyridine rings is 1. The van der Waals surface area contributed by atoms with E-state index in [0.29, 0.717) is 10.5 Å². The Labute approximate surface area is 149 Å². The van der Waals surface area contributed by atoms with Crippen LogP contribution < -0.4 is 4.90 Å². The molecule has 0 aliphatic carbocycles. The van der Waals surface area contributed by atoms with Crippen molar-refractivity contribution < 1.29 is 14.7 Å². The standard InChI is InChI=1S/C18H17ClN2O2S/c19-14-11-13(18(22)16-12(14)3-1-5-20-16)17(15-4-2-10-24-15)21-6-8-23-9-7-21/h1-5,10-11,17,22H,6-9H2/p+1/t17-/m1/s1. The minimum atomic E-state index is 0.0396. The van der Waals surface area contributed by atoms with E-state index in [1.54, 1.807) is 17.5 Å². The molecule has 24 heavy (non-hydrogen) atoms. The molecule has 0 spiro atoms. The molecule has 1 aliphatic heterocycles. The second-order valence-corrected chi connectivity index (χ2v) is 7.30. The van der Waals surface area contributed by atoms with Gasteiger partial charge in [-0.15, -0.1) is 11.3 Å². The number of nitrogens with one attached hydrogen (secondary N) is 1. The Morgan fingerprint density at radius 3 is 2.83 bits per heavy atom. The molecule has 4 nitrogen and oxygen atoms in total. The molecule has 0 radical (unpaired) electrons. The van der Waals surface area contributed by atoms with Gasteiger partial charge in [-0.2, -0.15) is 0 Å². The average molecular weight is 362 g/mol. The summed E-state index contributed by atoms with van der Waals surface area (Å²) in [7, 11) is 0. The summed E-state index contributed by atoms with van der Waals surface area (Å²) in [5.74, 6) is 0.229. The molecular formula is C18H18ClN2O2S+. The first-order valence-electron chi connectivity index (χ1n) is 7.97. The summed E-state index contributed by atoms with van der Waals surface area (Å²) in [5.41, 5.74) is 1.40. The number of rotatable bonds is 3. The number of morpholine rings is 1. The first-order valence-corrected chi connectivity index (χ1v) is 9.23. The second-order valence-electron chi connectivity index (χ2n) is 5.91. The normalized spacial score (nSPS) is 17.2. The van der Waals surface area contributed by atoms with Crippen LogP contribution in [0.2, 0.25) is 5.02 Å². The summed E-state index contributed by atoms with van der Waals surface area (Å²) >= 11 is 8.20. The van der Waals surface area contributed by atoms with E-state index in [1.807, 2.05) is 24.3 Å². The third-order valence-corrected chi connectivity index (χ3v) is 5.78. The quantitative estimate of drug-likeness (QED) is 0.754. The van der Waals surface area contributed by atoms with Gasteiger partial charge in [-0.1, -0.05) is 17.7 Å². The molecule has 4 rings (SSSR count). The van der Waals surface area contributed by atoms with Crippen molar-refractivity contribution in [2.24, 2.45) is 0 Å². The van der Waals surface area contributed by atoms with E-state index in [2.05, 4.69) is 16.4 Å². The Balaban J connectivity index is 1.89. The van der Waals surface area contributed by atoms with Crippen LogP contribution in [-0.2, 0) is 4.74 Å². The van der Waals surface area contributed by atoms with Gasteiger partial charge in [0.25, 0.3) is 0 Å². The largest absolute Gasteiger partial charge is 0.505 e. The Hall–Kier alpha value is -1.66. The first-order chi connectivity index (χ1) is 11.8. The van der Waals surface area contributed by atoms with E-state index in [4.69, 9.17) is 16.3 Å². The molecule has 1 atom stereocenters. The number of phenols is 1. The predicted octanol–water partition coefficient (Wildman–Crippen LogP) is 2.66. The molecule has 0 amide bonds. The topological polar surface area (TPSA) is 46.8 Å². The van der Waals surface area contributed by atoms with Crippen LogP contribution in [0.4, 0.5) is 0 Å². The molecule has 0 bridgehead atoms. The molecule has 3 aromatic rings. The van der Waals surface area contributed by atoms with Crippen molar-refractivity contribution in [3.8, 4) is 5.75 Å². The molecule has 0 unspecified atom stereocenters. The number of phenolic OH excluding ortho intramolecular Hbond substituents is 1. The zero-order valence-corrected chi connectivity index (χ0v) is 14.6. The van der Waals surface area contributed by atoms with E-state index in [0.717, 1.165) is 37.3 Å². The molecule has 2 N–H and O–H groups in total. The number of hydrogen-bond acceptors (Lipinski definition) is 4. The number of thiophene rings is 1. The highest BCUT2D eigenvalue weighted by Gasteiger charge is 2.32. The van der Waals surface area contributed by atoms with Gasteiger partial charge in [-0.3, -0.25) is 4.98 Å². The smallest absolute Gasteiger partial charge is 0.152 e. The van der Waals surface area contributed by atoms with Gasteiger partial charge >= 0.3 is 0 Å². The van der Waals surface area contributed by atoms with Crippen molar-refractivity contribution in [2.75, 3.05) is 26.3 Å². The molecule has 2 aromatic heterocycles. The molecule has 3 heterocycles. The minimum absolute atomic E-state index is 0.0396. The molecule has 124 valence electrons. The van der Waals surface area contributed by atoms with Crippen molar-refractivity contribution in [1.29, 1.82) is 0 Å². The van der Waals surface area contributed by atoms with Crippen LogP contribution in [0, 0.1) is 0 Å². The van der Waals surface area contributed by atoms with E-state index < -0.39 is 0 Å². The molecule has 6 heteroatoms. The summed E-state index contributed by atoms with van der Waals surface area (Å²) in [6.45, 7) is 3.27. The lowest BCUT2D eigenvalue weighted by Crippen LogP contribution is -3.14. The van der Waals surface area contributed by atoms with Crippen molar-refractivity contribution in [2.45, 2.75) is 6.04 Å². The van der Waals surface area contributed by atoms with Crippen molar-refractivity contribution in [3.05, 3.63) is 57.4 Å². The number of halogens is 1. The zero-order chi connectivity index (χ0) is 16.5.